The molecule has 132 valence electrons. The summed E-state index contributed by atoms with van der Waals surface area (Å²) in [6.07, 6.45) is 1.03. The molecule has 6 nitrogen and oxygen atoms in total. The molecule has 2 aromatic carbocycles. The van der Waals surface area contributed by atoms with E-state index in [2.05, 4.69) is 24.5 Å². The van der Waals surface area contributed by atoms with E-state index >= 15 is 0 Å². The van der Waals surface area contributed by atoms with Crippen molar-refractivity contribution in [3.63, 3.8) is 0 Å². The Bertz CT molecular complexity index is 1150. The van der Waals surface area contributed by atoms with E-state index < -0.39 is 0 Å². The molecule has 26 heavy (non-hydrogen) atoms. The zero-order chi connectivity index (χ0) is 18.1. The highest BCUT2D eigenvalue weighted by atomic mass is 16.1. The molecular weight excluding hydrogens is 326 g/mol. The highest BCUT2D eigenvalue weighted by molar-refractivity contribution is 6.01. The van der Waals surface area contributed by atoms with E-state index in [4.69, 9.17) is 4.98 Å². The van der Waals surface area contributed by atoms with Crippen LogP contribution >= 0.6 is 0 Å². The topological polar surface area (TPSA) is 63.7 Å². The number of fused-ring (bicyclic) bond motifs is 4. The first-order valence-electron chi connectivity index (χ1n) is 8.88. The van der Waals surface area contributed by atoms with E-state index in [-0.39, 0.29) is 5.56 Å². The van der Waals surface area contributed by atoms with Crippen LogP contribution in [0.4, 0.5) is 5.82 Å². The summed E-state index contributed by atoms with van der Waals surface area (Å²) in [5, 5.41) is 10.5. The molecule has 0 spiro atoms. The lowest BCUT2D eigenvalue weighted by Gasteiger charge is -2.12. The Kier molecular flexibility index (Phi) is 4.26. The SMILES string of the molecule is C[NH+](C)CCCNc1nn2c(=O)c3ccccc3nc2c2ccccc12. The summed E-state index contributed by atoms with van der Waals surface area (Å²) in [7, 11) is 4.28. The van der Waals surface area contributed by atoms with Crippen LogP contribution in [0, 0.1) is 0 Å². The third-order valence-corrected chi connectivity index (χ3v) is 4.52. The van der Waals surface area contributed by atoms with E-state index in [1.807, 2.05) is 42.5 Å². The maximum Gasteiger partial charge on any atom is 0.282 e. The second-order valence-corrected chi connectivity index (χ2v) is 6.80. The molecule has 0 saturated carbocycles. The lowest BCUT2D eigenvalue weighted by molar-refractivity contribution is -0.858. The average Bonchev–Trinajstić information content (AvgIpc) is 2.66. The van der Waals surface area contributed by atoms with Gasteiger partial charge in [-0.3, -0.25) is 4.79 Å². The Morgan fingerprint density at radius 1 is 1.00 bits per heavy atom. The van der Waals surface area contributed by atoms with Gasteiger partial charge >= 0.3 is 0 Å². The van der Waals surface area contributed by atoms with Crippen molar-refractivity contribution >= 4 is 33.1 Å². The Labute approximate surface area is 151 Å². The Balaban J connectivity index is 1.90. The van der Waals surface area contributed by atoms with E-state index in [9.17, 15) is 4.79 Å². The maximum atomic E-state index is 12.9. The van der Waals surface area contributed by atoms with Gasteiger partial charge in [-0.1, -0.05) is 36.4 Å². The molecule has 0 aliphatic rings. The highest BCUT2D eigenvalue weighted by Gasteiger charge is 2.13. The van der Waals surface area contributed by atoms with Gasteiger partial charge in [0.25, 0.3) is 5.56 Å². The number of nitrogens with zero attached hydrogens (tertiary/aromatic N) is 3. The molecule has 0 atom stereocenters. The highest BCUT2D eigenvalue weighted by Crippen LogP contribution is 2.24. The molecule has 2 N–H and O–H groups in total. The van der Waals surface area contributed by atoms with Crippen molar-refractivity contribution in [1.29, 1.82) is 0 Å². The first-order chi connectivity index (χ1) is 12.6. The van der Waals surface area contributed by atoms with Crippen LogP contribution in [0.15, 0.2) is 53.3 Å². The number of rotatable bonds is 5. The van der Waals surface area contributed by atoms with Crippen molar-refractivity contribution in [3.05, 3.63) is 58.9 Å². The van der Waals surface area contributed by atoms with Gasteiger partial charge in [0.2, 0.25) is 0 Å². The first-order valence-corrected chi connectivity index (χ1v) is 8.88. The minimum Gasteiger partial charge on any atom is -0.368 e. The second-order valence-electron chi connectivity index (χ2n) is 6.80. The molecule has 4 aromatic rings. The number of quaternary nitrogens is 1. The summed E-state index contributed by atoms with van der Waals surface area (Å²) in [4.78, 5) is 19.0. The zero-order valence-corrected chi connectivity index (χ0v) is 15.0. The fraction of sp³-hybridized carbons (Fsp3) is 0.250. The molecule has 0 amide bonds. The molecule has 0 unspecified atom stereocenters. The first kappa shape index (κ1) is 16.5. The second kappa shape index (κ2) is 6.72. The smallest absolute Gasteiger partial charge is 0.282 e. The van der Waals surface area contributed by atoms with Gasteiger partial charge in [-0.2, -0.15) is 4.52 Å². The summed E-state index contributed by atoms with van der Waals surface area (Å²) >= 11 is 0. The van der Waals surface area contributed by atoms with Gasteiger partial charge in [0, 0.05) is 23.7 Å². The van der Waals surface area contributed by atoms with Crippen LogP contribution in [0.25, 0.3) is 27.3 Å². The van der Waals surface area contributed by atoms with Crippen LogP contribution in [0.2, 0.25) is 0 Å². The van der Waals surface area contributed by atoms with Crippen molar-refractivity contribution < 1.29 is 4.90 Å². The molecule has 0 bridgehead atoms. The number of hydrogen-bond donors (Lipinski definition) is 2. The standard InChI is InChI=1S/C20H21N5O/c1-24(2)13-7-12-21-18-14-8-3-4-9-15(14)19-22-17-11-6-5-10-16(17)20(26)25(19)23-18/h3-6,8-11H,7,12-13H2,1-2H3,(H,21,23)/p+1. The average molecular weight is 348 g/mol. The van der Waals surface area contributed by atoms with Gasteiger partial charge < -0.3 is 10.2 Å². The number of aromatic nitrogens is 3. The molecule has 0 aliphatic heterocycles. The zero-order valence-electron chi connectivity index (χ0n) is 15.0. The quantitative estimate of drug-likeness (QED) is 0.325. The molecule has 2 heterocycles. The molecule has 4 rings (SSSR count). The number of para-hydroxylation sites is 1. The van der Waals surface area contributed by atoms with Gasteiger partial charge in [-0.25, -0.2) is 4.98 Å². The van der Waals surface area contributed by atoms with Gasteiger partial charge in [0.05, 0.1) is 31.5 Å². The van der Waals surface area contributed by atoms with Crippen molar-refractivity contribution in [2.45, 2.75) is 6.42 Å². The predicted molar refractivity (Wildman–Crippen MR) is 105 cm³/mol. The van der Waals surface area contributed by atoms with E-state index in [0.717, 1.165) is 36.1 Å². The van der Waals surface area contributed by atoms with Crippen molar-refractivity contribution in [2.24, 2.45) is 0 Å². The largest absolute Gasteiger partial charge is 0.368 e. The van der Waals surface area contributed by atoms with E-state index in [0.29, 0.717) is 16.6 Å². The summed E-state index contributed by atoms with van der Waals surface area (Å²) in [6.45, 7) is 1.88. The number of anilines is 1. The summed E-state index contributed by atoms with van der Waals surface area (Å²) < 4.78 is 1.42. The minimum atomic E-state index is -0.142. The van der Waals surface area contributed by atoms with Gasteiger partial charge in [0.1, 0.15) is 0 Å². The third-order valence-electron chi connectivity index (χ3n) is 4.52. The molecule has 0 aliphatic carbocycles. The fourth-order valence-corrected chi connectivity index (χ4v) is 3.21. The van der Waals surface area contributed by atoms with Crippen LogP contribution in [0.1, 0.15) is 6.42 Å². The molecule has 0 radical (unpaired) electrons. The molecule has 2 aromatic heterocycles. The summed E-state index contributed by atoms with van der Waals surface area (Å²) in [6, 6.07) is 15.3. The van der Waals surface area contributed by atoms with Crippen molar-refractivity contribution in [1.82, 2.24) is 14.6 Å². The van der Waals surface area contributed by atoms with Crippen molar-refractivity contribution in [3.8, 4) is 0 Å². The lowest BCUT2D eigenvalue weighted by atomic mass is 10.1. The molecule has 0 fully saturated rings. The van der Waals surface area contributed by atoms with E-state index in [1.165, 1.54) is 9.42 Å². The molecule has 0 saturated heterocycles. The lowest BCUT2D eigenvalue weighted by Crippen LogP contribution is -3.05. The van der Waals surface area contributed by atoms with Gasteiger partial charge in [-0.05, 0) is 12.1 Å². The maximum absolute atomic E-state index is 12.9. The van der Waals surface area contributed by atoms with Gasteiger partial charge in [-0.15, -0.1) is 5.10 Å². The Morgan fingerprint density at radius 2 is 1.69 bits per heavy atom. The van der Waals surface area contributed by atoms with Crippen LogP contribution in [0.5, 0.6) is 0 Å². The monoisotopic (exact) mass is 348 g/mol. The Hall–Kier alpha value is -2.99. The fourth-order valence-electron chi connectivity index (χ4n) is 3.21. The third kappa shape index (κ3) is 2.88. The van der Waals surface area contributed by atoms with Crippen LogP contribution in [-0.4, -0.2) is 41.8 Å². The molecule has 6 heteroatoms. The number of benzene rings is 2. The van der Waals surface area contributed by atoms with Crippen molar-refractivity contribution in [2.75, 3.05) is 32.5 Å². The van der Waals surface area contributed by atoms with Crippen LogP contribution in [0.3, 0.4) is 0 Å². The number of nitrogens with one attached hydrogen (secondary N) is 2. The summed E-state index contributed by atoms with van der Waals surface area (Å²) in [5.74, 6) is 0.723. The van der Waals surface area contributed by atoms with E-state index in [1.54, 1.807) is 6.07 Å². The van der Waals surface area contributed by atoms with Crippen LogP contribution < -0.4 is 15.8 Å². The Morgan fingerprint density at radius 3 is 2.46 bits per heavy atom. The predicted octanol–water partition coefficient (Wildman–Crippen LogP) is 1.34. The molecular formula is C20H22N5O+. The summed E-state index contributed by atoms with van der Waals surface area (Å²) in [5.41, 5.74) is 1.14. The van der Waals surface area contributed by atoms with Crippen LogP contribution in [-0.2, 0) is 0 Å². The normalized spacial score (nSPS) is 11.7. The number of hydrogen-bond acceptors (Lipinski definition) is 4. The van der Waals surface area contributed by atoms with Gasteiger partial charge in [0.15, 0.2) is 11.5 Å². The minimum absolute atomic E-state index is 0.142.